The molecule has 2 atom stereocenters. The molecule has 0 aromatic heterocycles. The quantitative estimate of drug-likeness (QED) is 0.806. The minimum absolute atomic E-state index is 0.00130. The van der Waals surface area contributed by atoms with Crippen LogP contribution in [0, 0.1) is 18.8 Å². The summed E-state index contributed by atoms with van der Waals surface area (Å²) in [4.78, 5) is 26.2. The highest BCUT2D eigenvalue weighted by Crippen LogP contribution is 2.44. The van der Waals surface area contributed by atoms with Gasteiger partial charge in [0, 0.05) is 44.6 Å². The van der Waals surface area contributed by atoms with Crippen LogP contribution in [0.1, 0.15) is 25.3 Å². The van der Waals surface area contributed by atoms with Gasteiger partial charge in [-0.1, -0.05) is 17.7 Å². The number of carbonyl (C=O) groups excluding carboxylic acids is 2. The number of piperidine rings is 1. The Morgan fingerprint density at radius 1 is 1.15 bits per heavy atom. The normalized spacial score (nSPS) is 27.6. The van der Waals surface area contributed by atoms with E-state index >= 15 is 0 Å². The van der Waals surface area contributed by atoms with Crippen molar-refractivity contribution in [1.82, 2.24) is 14.5 Å². The number of nitrogens with zero attached hydrogens (tertiary/aromatic N) is 2. The first-order chi connectivity index (χ1) is 12.7. The van der Waals surface area contributed by atoms with E-state index < -0.39 is 15.6 Å². The van der Waals surface area contributed by atoms with Gasteiger partial charge in [0.1, 0.15) is 0 Å². The summed E-state index contributed by atoms with van der Waals surface area (Å²) in [6.45, 7) is 5.25. The van der Waals surface area contributed by atoms with E-state index in [0.717, 1.165) is 5.56 Å². The second-order valence-corrected chi connectivity index (χ2v) is 9.94. The van der Waals surface area contributed by atoms with Crippen LogP contribution in [0.3, 0.4) is 0 Å². The number of carbonyl (C=O) groups is 2. The van der Waals surface area contributed by atoms with Crippen LogP contribution in [0.4, 0.5) is 0 Å². The fourth-order valence-corrected chi connectivity index (χ4v) is 6.24. The van der Waals surface area contributed by atoms with Crippen molar-refractivity contribution in [1.29, 1.82) is 0 Å². The second kappa shape index (κ2) is 6.31. The fraction of sp³-hybridized carbons (Fsp3) is 0.579. The molecule has 0 bridgehead atoms. The molecule has 8 heteroatoms. The Bertz CT molecular complexity index is 873. The molecular weight excluding hydrogens is 366 g/mol. The third-order valence-corrected chi connectivity index (χ3v) is 8.37. The monoisotopic (exact) mass is 391 g/mol. The van der Waals surface area contributed by atoms with Gasteiger partial charge in [0.2, 0.25) is 21.8 Å². The standard InChI is InChI=1S/C19H25N3O4S/c1-13-3-5-15(6-4-13)27(25,26)22-9-7-19(8-10-22)17-12-21(14(2)23)11-16(17)18(24)20-19/h3-6,16-17H,7-12H2,1-2H3,(H,20,24)/t16-,17+/m1/s1. The summed E-state index contributed by atoms with van der Waals surface area (Å²) in [5, 5.41) is 3.15. The Morgan fingerprint density at radius 2 is 1.78 bits per heavy atom. The van der Waals surface area contributed by atoms with Gasteiger partial charge < -0.3 is 10.2 Å². The van der Waals surface area contributed by atoms with Gasteiger partial charge in [0.25, 0.3) is 0 Å². The Balaban J connectivity index is 1.51. The van der Waals surface area contributed by atoms with Crippen molar-refractivity contribution in [2.45, 2.75) is 37.1 Å². The van der Waals surface area contributed by atoms with Gasteiger partial charge in [-0.25, -0.2) is 8.42 Å². The number of nitrogens with one attached hydrogen (secondary N) is 1. The predicted molar refractivity (Wildman–Crippen MR) is 99.3 cm³/mol. The topological polar surface area (TPSA) is 86.8 Å². The molecule has 4 rings (SSSR count). The number of amides is 2. The van der Waals surface area contributed by atoms with E-state index in [9.17, 15) is 18.0 Å². The van der Waals surface area contributed by atoms with Crippen molar-refractivity contribution >= 4 is 21.8 Å². The Morgan fingerprint density at radius 3 is 2.37 bits per heavy atom. The lowest BCUT2D eigenvalue weighted by Gasteiger charge is -2.42. The number of aryl methyl sites for hydroxylation is 1. The molecule has 0 radical (unpaired) electrons. The van der Waals surface area contributed by atoms with Crippen LogP contribution in [0.5, 0.6) is 0 Å². The summed E-state index contributed by atoms with van der Waals surface area (Å²) in [7, 11) is -3.53. The van der Waals surface area contributed by atoms with Crippen LogP contribution in [0.15, 0.2) is 29.2 Å². The Hall–Kier alpha value is -1.93. The van der Waals surface area contributed by atoms with E-state index in [1.165, 1.54) is 11.2 Å². The predicted octanol–water partition coefficient (Wildman–Crippen LogP) is 0.743. The maximum absolute atomic E-state index is 12.9. The SMILES string of the molecule is CC(=O)N1C[C@H]2C(=O)NC3(CCN(S(=O)(=O)c4ccc(C)cc4)CC3)[C@H]2C1. The molecule has 1 aromatic carbocycles. The van der Waals surface area contributed by atoms with Gasteiger partial charge in [0.05, 0.1) is 10.8 Å². The van der Waals surface area contributed by atoms with Crippen molar-refractivity contribution in [2.75, 3.05) is 26.2 Å². The van der Waals surface area contributed by atoms with Crippen molar-refractivity contribution in [2.24, 2.45) is 11.8 Å². The first kappa shape index (κ1) is 18.4. The number of fused-ring (bicyclic) bond motifs is 2. The zero-order valence-electron chi connectivity index (χ0n) is 15.6. The highest BCUT2D eigenvalue weighted by molar-refractivity contribution is 7.89. The lowest BCUT2D eigenvalue weighted by molar-refractivity contribution is -0.129. The van der Waals surface area contributed by atoms with Crippen LogP contribution < -0.4 is 5.32 Å². The second-order valence-electron chi connectivity index (χ2n) is 8.00. The van der Waals surface area contributed by atoms with E-state index in [4.69, 9.17) is 0 Å². The first-order valence-electron chi connectivity index (χ1n) is 9.37. The number of hydrogen-bond acceptors (Lipinski definition) is 4. The van der Waals surface area contributed by atoms with Crippen molar-refractivity contribution in [3.05, 3.63) is 29.8 Å². The largest absolute Gasteiger partial charge is 0.350 e. The maximum atomic E-state index is 12.9. The summed E-state index contributed by atoms with van der Waals surface area (Å²) in [5.74, 6) is -0.113. The number of rotatable bonds is 2. The molecule has 146 valence electrons. The summed E-state index contributed by atoms with van der Waals surface area (Å²) in [6.07, 6.45) is 1.16. The number of benzene rings is 1. The Kier molecular flexibility index (Phi) is 4.31. The van der Waals surface area contributed by atoms with E-state index in [-0.39, 0.29) is 23.7 Å². The molecule has 0 aliphatic carbocycles. The average Bonchev–Trinajstić information content (AvgIpc) is 3.17. The van der Waals surface area contributed by atoms with Gasteiger partial charge in [0.15, 0.2) is 0 Å². The molecule has 0 saturated carbocycles. The van der Waals surface area contributed by atoms with Gasteiger partial charge in [-0.3, -0.25) is 9.59 Å². The minimum Gasteiger partial charge on any atom is -0.350 e. The molecule has 1 N–H and O–H groups in total. The molecular formula is C19H25N3O4S. The van der Waals surface area contributed by atoms with Crippen molar-refractivity contribution in [3.63, 3.8) is 0 Å². The molecule has 27 heavy (non-hydrogen) atoms. The summed E-state index contributed by atoms with van der Waals surface area (Å²) in [6, 6.07) is 6.89. The average molecular weight is 391 g/mol. The van der Waals surface area contributed by atoms with Crippen LogP contribution in [0.25, 0.3) is 0 Å². The zero-order chi connectivity index (χ0) is 19.4. The lowest BCUT2D eigenvalue weighted by Crippen LogP contribution is -2.56. The van der Waals surface area contributed by atoms with E-state index in [1.807, 2.05) is 6.92 Å². The van der Waals surface area contributed by atoms with Crippen LogP contribution in [-0.4, -0.2) is 61.2 Å². The van der Waals surface area contributed by atoms with Crippen LogP contribution in [0.2, 0.25) is 0 Å². The molecule has 1 aromatic rings. The van der Waals surface area contributed by atoms with Gasteiger partial charge in [-0.05, 0) is 31.9 Å². The number of likely N-dealkylation sites (tertiary alicyclic amines) is 1. The number of sulfonamides is 1. The van der Waals surface area contributed by atoms with Gasteiger partial charge in [-0.15, -0.1) is 0 Å². The summed E-state index contributed by atoms with van der Waals surface area (Å²) < 4.78 is 27.4. The molecule has 2 amide bonds. The third-order valence-electron chi connectivity index (χ3n) is 6.46. The molecule has 3 fully saturated rings. The van der Waals surface area contributed by atoms with Gasteiger partial charge in [-0.2, -0.15) is 4.31 Å². The number of hydrogen-bond donors (Lipinski definition) is 1. The van der Waals surface area contributed by atoms with E-state index in [1.54, 1.807) is 29.2 Å². The van der Waals surface area contributed by atoms with Crippen molar-refractivity contribution in [3.8, 4) is 0 Å². The van der Waals surface area contributed by atoms with E-state index in [0.29, 0.717) is 43.9 Å². The molecule has 0 unspecified atom stereocenters. The summed E-state index contributed by atoms with van der Waals surface area (Å²) >= 11 is 0. The first-order valence-corrected chi connectivity index (χ1v) is 10.8. The molecule has 1 spiro atoms. The molecule has 7 nitrogen and oxygen atoms in total. The Labute approximate surface area is 159 Å². The van der Waals surface area contributed by atoms with E-state index in [2.05, 4.69) is 5.32 Å². The molecule has 3 aliphatic heterocycles. The molecule has 3 aliphatic rings. The van der Waals surface area contributed by atoms with Crippen LogP contribution in [-0.2, 0) is 19.6 Å². The smallest absolute Gasteiger partial charge is 0.243 e. The highest BCUT2D eigenvalue weighted by Gasteiger charge is 2.58. The molecule has 3 saturated heterocycles. The fourth-order valence-electron chi connectivity index (χ4n) is 4.80. The van der Waals surface area contributed by atoms with Gasteiger partial charge >= 0.3 is 0 Å². The lowest BCUT2D eigenvalue weighted by atomic mass is 9.76. The zero-order valence-corrected chi connectivity index (χ0v) is 16.5. The summed E-state index contributed by atoms with van der Waals surface area (Å²) in [5.41, 5.74) is 0.619. The highest BCUT2D eigenvalue weighted by atomic mass is 32.2. The molecule has 3 heterocycles. The van der Waals surface area contributed by atoms with Crippen molar-refractivity contribution < 1.29 is 18.0 Å². The minimum atomic E-state index is -3.53. The maximum Gasteiger partial charge on any atom is 0.243 e. The van der Waals surface area contributed by atoms with Crippen LogP contribution >= 0.6 is 0 Å². The third kappa shape index (κ3) is 2.95.